The summed E-state index contributed by atoms with van der Waals surface area (Å²) < 4.78 is 1.65. The largest absolute Gasteiger partial charge is 0.339 e. The van der Waals surface area contributed by atoms with Gasteiger partial charge in [-0.15, -0.1) is 0 Å². The van der Waals surface area contributed by atoms with Crippen molar-refractivity contribution in [1.29, 1.82) is 0 Å². The monoisotopic (exact) mass is 216 g/mol. The van der Waals surface area contributed by atoms with Gasteiger partial charge < -0.3 is 5.84 Å². The Balaban J connectivity index is 3.19. The Hall–Kier alpha value is -1.70. The van der Waals surface area contributed by atoms with E-state index in [2.05, 4.69) is 32.6 Å². The fourth-order valence-corrected chi connectivity index (χ4v) is 1.74. The van der Waals surface area contributed by atoms with Crippen molar-refractivity contribution in [3.05, 3.63) is 53.4 Å². The molecule has 0 spiro atoms. The first-order chi connectivity index (χ1) is 7.63. The molecule has 0 saturated heterocycles. The first-order valence-corrected chi connectivity index (χ1v) is 5.56. The van der Waals surface area contributed by atoms with Crippen LogP contribution in [0.4, 0.5) is 0 Å². The molecule has 1 heterocycles. The quantitative estimate of drug-likeness (QED) is 0.606. The number of aryl methyl sites for hydroxylation is 1. The lowest BCUT2D eigenvalue weighted by Gasteiger charge is -2.07. The van der Waals surface area contributed by atoms with Crippen LogP contribution in [0, 0.1) is 6.92 Å². The van der Waals surface area contributed by atoms with Crippen molar-refractivity contribution in [3.63, 3.8) is 0 Å². The van der Waals surface area contributed by atoms with Crippen LogP contribution in [-0.2, 0) is 0 Å². The molecule has 0 aliphatic carbocycles. The second kappa shape index (κ2) is 5.40. The standard InChI is InChI=1S/C14H20N2/c1-5-12(6-2)13(7-3)10-14-11(4)8-9-16(14)15/h5-6,8-10H,1,7,15H2,2-4H3/b12-6+,13-10+. The zero-order valence-corrected chi connectivity index (χ0v) is 10.3. The van der Waals surface area contributed by atoms with E-state index < -0.39 is 0 Å². The van der Waals surface area contributed by atoms with Crippen molar-refractivity contribution in [2.24, 2.45) is 0 Å². The number of nitrogen functional groups attached to an aromatic ring is 1. The minimum Gasteiger partial charge on any atom is -0.339 e. The minimum absolute atomic E-state index is 0.969. The maximum Gasteiger partial charge on any atom is 0.0649 e. The lowest BCUT2D eigenvalue weighted by atomic mass is 10.0. The van der Waals surface area contributed by atoms with Crippen LogP contribution in [0.3, 0.4) is 0 Å². The second-order valence-electron chi connectivity index (χ2n) is 3.76. The highest BCUT2D eigenvalue weighted by Crippen LogP contribution is 2.20. The Morgan fingerprint density at radius 3 is 2.62 bits per heavy atom. The lowest BCUT2D eigenvalue weighted by molar-refractivity contribution is 0.993. The first-order valence-electron chi connectivity index (χ1n) is 5.56. The van der Waals surface area contributed by atoms with Crippen molar-refractivity contribution >= 4 is 6.08 Å². The van der Waals surface area contributed by atoms with Crippen LogP contribution in [0.15, 0.2) is 42.1 Å². The molecular weight excluding hydrogens is 196 g/mol. The number of allylic oxidation sites excluding steroid dienone is 4. The molecule has 0 unspecified atom stereocenters. The van der Waals surface area contributed by atoms with Gasteiger partial charge in [-0.3, -0.25) is 4.68 Å². The summed E-state index contributed by atoms with van der Waals surface area (Å²) in [5.74, 6) is 5.85. The molecule has 0 radical (unpaired) electrons. The number of nitrogens with zero attached hydrogens (tertiary/aromatic N) is 1. The van der Waals surface area contributed by atoms with E-state index in [1.54, 1.807) is 4.68 Å². The van der Waals surface area contributed by atoms with Gasteiger partial charge in [0.2, 0.25) is 0 Å². The fraction of sp³-hybridized carbons (Fsp3) is 0.286. The number of hydrogen-bond donors (Lipinski definition) is 1. The van der Waals surface area contributed by atoms with Gasteiger partial charge in [0, 0.05) is 6.20 Å². The summed E-state index contributed by atoms with van der Waals surface area (Å²) in [6, 6.07) is 2.02. The summed E-state index contributed by atoms with van der Waals surface area (Å²) >= 11 is 0. The average molecular weight is 216 g/mol. The number of hydrogen-bond acceptors (Lipinski definition) is 1. The van der Waals surface area contributed by atoms with Gasteiger partial charge >= 0.3 is 0 Å². The maximum absolute atomic E-state index is 5.85. The third kappa shape index (κ3) is 2.45. The highest BCUT2D eigenvalue weighted by molar-refractivity contribution is 5.60. The zero-order valence-electron chi connectivity index (χ0n) is 10.3. The van der Waals surface area contributed by atoms with Crippen LogP contribution in [0.5, 0.6) is 0 Å². The molecule has 2 heteroatoms. The van der Waals surface area contributed by atoms with Crippen LogP contribution < -0.4 is 5.84 Å². The minimum atomic E-state index is 0.969. The van der Waals surface area contributed by atoms with E-state index in [0.717, 1.165) is 12.1 Å². The highest BCUT2D eigenvalue weighted by atomic mass is 15.3. The third-order valence-corrected chi connectivity index (χ3v) is 2.76. The topological polar surface area (TPSA) is 30.9 Å². The van der Waals surface area contributed by atoms with E-state index in [9.17, 15) is 0 Å². The van der Waals surface area contributed by atoms with Gasteiger partial charge in [-0.2, -0.15) is 0 Å². The van der Waals surface area contributed by atoms with E-state index in [4.69, 9.17) is 5.84 Å². The third-order valence-electron chi connectivity index (χ3n) is 2.76. The molecule has 2 nitrogen and oxygen atoms in total. The smallest absolute Gasteiger partial charge is 0.0649 e. The van der Waals surface area contributed by atoms with Crippen molar-refractivity contribution in [2.45, 2.75) is 27.2 Å². The molecule has 1 aromatic heterocycles. The molecule has 0 aliphatic heterocycles. The summed E-state index contributed by atoms with van der Waals surface area (Å²) in [6.45, 7) is 10.0. The second-order valence-corrected chi connectivity index (χ2v) is 3.76. The molecule has 0 aliphatic rings. The van der Waals surface area contributed by atoms with Crippen molar-refractivity contribution in [3.8, 4) is 0 Å². The van der Waals surface area contributed by atoms with Gasteiger partial charge in [0.15, 0.2) is 0 Å². The molecule has 1 aromatic rings. The normalized spacial score (nSPS) is 12.9. The molecule has 1 rings (SSSR count). The van der Waals surface area contributed by atoms with Crippen molar-refractivity contribution in [2.75, 3.05) is 5.84 Å². The SMILES string of the molecule is C=CC(=C\C)/C(=C/c1c(C)ccn1N)CC. The molecule has 0 aromatic carbocycles. The summed E-state index contributed by atoms with van der Waals surface area (Å²) in [5.41, 5.74) is 4.67. The molecule has 0 fully saturated rings. The lowest BCUT2D eigenvalue weighted by Crippen LogP contribution is -2.08. The molecular formula is C14H20N2. The zero-order chi connectivity index (χ0) is 12.1. The van der Waals surface area contributed by atoms with E-state index in [1.165, 1.54) is 16.7 Å². The van der Waals surface area contributed by atoms with Gasteiger partial charge in [0.05, 0.1) is 5.69 Å². The number of aromatic nitrogens is 1. The van der Waals surface area contributed by atoms with Gasteiger partial charge in [-0.25, -0.2) is 0 Å². The molecule has 16 heavy (non-hydrogen) atoms. The molecule has 0 saturated carbocycles. The van der Waals surface area contributed by atoms with E-state index in [-0.39, 0.29) is 0 Å². The fourth-order valence-electron chi connectivity index (χ4n) is 1.74. The molecule has 86 valence electrons. The van der Waals surface area contributed by atoms with Crippen LogP contribution in [0.2, 0.25) is 0 Å². The Morgan fingerprint density at radius 1 is 1.56 bits per heavy atom. The van der Waals surface area contributed by atoms with E-state index >= 15 is 0 Å². The van der Waals surface area contributed by atoms with Gasteiger partial charge in [-0.1, -0.05) is 25.7 Å². The van der Waals surface area contributed by atoms with Crippen LogP contribution in [-0.4, -0.2) is 4.68 Å². The Morgan fingerprint density at radius 2 is 2.25 bits per heavy atom. The molecule has 0 bridgehead atoms. The summed E-state index contributed by atoms with van der Waals surface area (Å²) in [7, 11) is 0. The van der Waals surface area contributed by atoms with Gasteiger partial charge in [0.1, 0.15) is 0 Å². The van der Waals surface area contributed by atoms with Crippen LogP contribution >= 0.6 is 0 Å². The van der Waals surface area contributed by atoms with Crippen LogP contribution in [0.25, 0.3) is 6.08 Å². The summed E-state index contributed by atoms with van der Waals surface area (Å²) in [6.07, 6.45) is 8.93. The van der Waals surface area contributed by atoms with E-state index in [0.29, 0.717) is 0 Å². The number of rotatable bonds is 4. The Kier molecular flexibility index (Phi) is 4.18. The van der Waals surface area contributed by atoms with Crippen LogP contribution in [0.1, 0.15) is 31.5 Å². The van der Waals surface area contributed by atoms with E-state index in [1.807, 2.05) is 25.3 Å². The predicted octanol–water partition coefficient (Wildman–Crippen LogP) is 3.44. The van der Waals surface area contributed by atoms with Crippen molar-refractivity contribution in [1.82, 2.24) is 4.68 Å². The average Bonchev–Trinajstić information content (AvgIpc) is 2.60. The predicted molar refractivity (Wildman–Crippen MR) is 71.5 cm³/mol. The first kappa shape index (κ1) is 12.4. The Labute approximate surface area is 97.7 Å². The maximum atomic E-state index is 5.85. The van der Waals surface area contributed by atoms with Gasteiger partial charge in [0.25, 0.3) is 0 Å². The Bertz CT molecular complexity index is 414. The highest BCUT2D eigenvalue weighted by Gasteiger charge is 2.04. The summed E-state index contributed by atoms with van der Waals surface area (Å²) in [5, 5.41) is 0. The molecule has 0 atom stereocenters. The molecule has 2 N–H and O–H groups in total. The van der Waals surface area contributed by atoms with Crippen molar-refractivity contribution < 1.29 is 0 Å². The summed E-state index contributed by atoms with van der Waals surface area (Å²) in [4.78, 5) is 0. The number of nitrogens with two attached hydrogens (primary N) is 1. The molecule has 0 amide bonds. The van der Waals surface area contributed by atoms with Gasteiger partial charge in [-0.05, 0) is 49.1 Å².